The molecule has 0 spiro atoms. The van der Waals surface area contributed by atoms with Gasteiger partial charge in [0.05, 0.1) is 36.9 Å². The molecule has 1 aliphatic heterocycles. The third-order valence-electron chi connectivity index (χ3n) is 4.97. The molecule has 0 saturated carbocycles. The van der Waals surface area contributed by atoms with Crippen LogP contribution in [-0.2, 0) is 6.42 Å². The zero-order valence-corrected chi connectivity index (χ0v) is 17.0. The fourth-order valence-electron chi connectivity index (χ4n) is 3.41. The van der Waals surface area contributed by atoms with E-state index in [1.165, 1.54) is 23.1 Å². The molecule has 0 bridgehead atoms. The number of hydrogen-bond donors (Lipinski definition) is 2. The van der Waals surface area contributed by atoms with Gasteiger partial charge < -0.3 is 9.47 Å². The van der Waals surface area contributed by atoms with Crippen molar-refractivity contribution in [2.75, 3.05) is 19.0 Å². The Hall–Kier alpha value is -3.65. The van der Waals surface area contributed by atoms with Gasteiger partial charge in [-0.15, -0.1) is 11.3 Å². The van der Waals surface area contributed by atoms with E-state index in [0.29, 0.717) is 16.4 Å². The summed E-state index contributed by atoms with van der Waals surface area (Å²) in [5, 5.41) is 12.3. The number of fused-ring (bicyclic) bond motifs is 1. The normalized spacial score (nSPS) is 12.3. The second-order valence-electron chi connectivity index (χ2n) is 6.80. The van der Waals surface area contributed by atoms with Gasteiger partial charge in [-0.25, -0.2) is 4.98 Å². The number of carbonyl (C=O) groups excluding carboxylic acids is 1. The van der Waals surface area contributed by atoms with Gasteiger partial charge >= 0.3 is 0 Å². The van der Waals surface area contributed by atoms with Crippen molar-refractivity contribution in [3.05, 3.63) is 65.2 Å². The van der Waals surface area contributed by atoms with Crippen LogP contribution < -0.4 is 14.8 Å². The molecule has 0 fully saturated rings. The largest absolute Gasteiger partial charge is 0.497 e. The molecule has 0 saturated heterocycles. The molecule has 8 heteroatoms. The minimum absolute atomic E-state index is 0.266. The molecule has 7 nitrogen and oxygen atoms in total. The van der Waals surface area contributed by atoms with Crippen LogP contribution in [0.25, 0.3) is 22.5 Å². The van der Waals surface area contributed by atoms with Gasteiger partial charge in [0.2, 0.25) is 0 Å². The lowest BCUT2D eigenvalue weighted by molar-refractivity contribution is 0.102. The maximum Gasteiger partial charge on any atom is 0.261 e. The second kappa shape index (κ2) is 7.64. The molecular weight excluding hydrogens is 400 g/mol. The van der Waals surface area contributed by atoms with Gasteiger partial charge in [0, 0.05) is 22.9 Å². The first kappa shape index (κ1) is 18.4. The van der Waals surface area contributed by atoms with Gasteiger partial charge in [0.25, 0.3) is 5.91 Å². The monoisotopic (exact) mass is 418 g/mol. The molecule has 150 valence electrons. The third-order valence-corrected chi connectivity index (χ3v) is 5.73. The molecule has 1 amide bonds. The van der Waals surface area contributed by atoms with Crippen LogP contribution in [0.2, 0.25) is 0 Å². The fourth-order valence-corrected chi connectivity index (χ4v) is 4.12. The highest BCUT2D eigenvalue weighted by Crippen LogP contribution is 2.32. The Morgan fingerprint density at radius 3 is 2.87 bits per heavy atom. The number of anilines is 1. The molecule has 5 rings (SSSR count). The summed E-state index contributed by atoms with van der Waals surface area (Å²) in [7, 11) is 1.61. The van der Waals surface area contributed by atoms with E-state index in [1.54, 1.807) is 7.11 Å². The Morgan fingerprint density at radius 1 is 1.20 bits per heavy atom. The minimum atomic E-state index is -0.266. The number of H-pyrrole nitrogens is 1. The van der Waals surface area contributed by atoms with Crippen molar-refractivity contribution in [1.29, 1.82) is 0 Å². The van der Waals surface area contributed by atoms with E-state index in [1.807, 2.05) is 41.8 Å². The average molecular weight is 418 g/mol. The van der Waals surface area contributed by atoms with Gasteiger partial charge in [0.1, 0.15) is 11.5 Å². The SMILES string of the molecule is COc1ccc(-c2[nH]ncc2C(=O)Nc2nc(-c3ccc4c(c3)CCO4)cs2)cc1. The molecule has 4 aromatic rings. The smallest absolute Gasteiger partial charge is 0.261 e. The number of nitrogens with zero attached hydrogens (tertiary/aromatic N) is 2. The van der Waals surface area contributed by atoms with E-state index in [4.69, 9.17) is 9.47 Å². The second-order valence-corrected chi connectivity index (χ2v) is 7.66. The summed E-state index contributed by atoms with van der Waals surface area (Å²) in [6.45, 7) is 0.721. The predicted molar refractivity (Wildman–Crippen MR) is 115 cm³/mol. The van der Waals surface area contributed by atoms with E-state index >= 15 is 0 Å². The number of nitrogens with one attached hydrogen (secondary N) is 2. The summed E-state index contributed by atoms with van der Waals surface area (Å²) in [4.78, 5) is 17.4. The number of methoxy groups -OCH3 is 1. The topological polar surface area (TPSA) is 89.1 Å². The average Bonchev–Trinajstić information content (AvgIpc) is 3.53. The number of aromatic nitrogens is 3. The van der Waals surface area contributed by atoms with Crippen LogP contribution in [-0.4, -0.2) is 34.8 Å². The fraction of sp³-hybridized carbons (Fsp3) is 0.136. The number of benzene rings is 2. The summed E-state index contributed by atoms with van der Waals surface area (Å²) in [5.74, 6) is 1.42. The van der Waals surface area contributed by atoms with Crippen molar-refractivity contribution in [3.63, 3.8) is 0 Å². The Balaban J connectivity index is 1.35. The van der Waals surface area contributed by atoms with Crippen LogP contribution in [0.3, 0.4) is 0 Å². The van der Waals surface area contributed by atoms with Crippen LogP contribution >= 0.6 is 11.3 Å². The van der Waals surface area contributed by atoms with Gasteiger partial charge in [-0.05, 0) is 48.0 Å². The Bertz CT molecular complexity index is 1210. The molecule has 2 aromatic heterocycles. The van der Waals surface area contributed by atoms with Gasteiger partial charge in [0.15, 0.2) is 5.13 Å². The van der Waals surface area contributed by atoms with Crippen molar-refractivity contribution in [2.24, 2.45) is 0 Å². The highest BCUT2D eigenvalue weighted by Gasteiger charge is 2.18. The van der Waals surface area contributed by atoms with E-state index in [-0.39, 0.29) is 5.91 Å². The Morgan fingerprint density at radius 2 is 2.03 bits per heavy atom. The van der Waals surface area contributed by atoms with Crippen LogP contribution in [0.15, 0.2) is 54.0 Å². The number of ether oxygens (including phenoxy) is 2. The first-order chi connectivity index (χ1) is 14.7. The first-order valence-electron chi connectivity index (χ1n) is 9.42. The Kier molecular flexibility index (Phi) is 4.68. The van der Waals surface area contributed by atoms with E-state index < -0.39 is 0 Å². The molecule has 0 unspecified atom stereocenters. The van der Waals surface area contributed by atoms with Gasteiger partial charge in [-0.1, -0.05) is 0 Å². The molecular formula is C22H18N4O3S. The summed E-state index contributed by atoms with van der Waals surface area (Å²) in [5.41, 5.74) is 4.97. The minimum Gasteiger partial charge on any atom is -0.497 e. The number of aromatic amines is 1. The molecule has 0 aliphatic carbocycles. The van der Waals surface area contributed by atoms with Crippen molar-refractivity contribution < 1.29 is 14.3 Å². The quantitative estimate of drug-likeness (QED) is 0.502. The lowest BCUT2D eigenvalue weighted by Crippen LogP contribution is -2.12. The number of amides is 1. The highest BCUT2D eigenvalue weighted by molar-refractivity contribution is 7.14. The number of thiazole rings is 1. The zero-order chi connectivity index (χ0) is 20.5. The lowest BCUT2D eigenvalue weighted by atomic mass is 10.1. The number of hydrogen-bond acceptors (Lipinski definition) is 6. The van der Waals surface area contributed by atoms with E-state index in [9.17, 15) is 4.79 Å². The van der Waals surface area contributed by atoms with Crippen LogP contribution in [0, 0.1) is 0 Å². The summed E-state index contributed by atoms with van der Waals surface area (Å²) in [6.07, 6.45) is 2.43. The number of rotatable bonds is 5. The summed E-state index contributed by atoms with van der Waals surface area (Å²) in [6, 6.07) is 13.5. The van der Waals surface area contributed by atoms with Crippen molar-refractivity contribution in [3.8, 4) is 34.0 Å². The van der Waals surface area contributed by atoms with Crippen molar-refractivity contribution in [2.45, 2.75) is 6.42 Å². The lowest BCUT2D eigenvalue weighted by Gasteiger charge is -2.05. The molecule has 30 heavy (non-hydrogen) atoms. The van der Waals surface area contributed by atoms with Crippen molar-refractivity contribution in [1.82, 2.24) is 15.2 Å². The molecule has 1 aliphatic rings. The molecule has 2 aromatic carbocycles. The Labute approximate surface area is 176 Å². The first-order valence-corrected chi connectivity index (χ1v) is 10.3. The van der Waals surface area contributed by atoms with Gasteiger partial charge in [-0.2, -0.15) is 5.10 Å². The van der Waals surface area contributed by atoms with Gasteiger partial charge in [-0.3, -0.25) is 15.2 Å². The number of carbonyl (C=O) groups is 1. The summed E-state index contributed by atoms with van der Waals surface area (Å²) < 4.78 is 10.7. The third kappa shape index (κ3) is 3.42. The molecule has 0 atom stereocenters. The molecule has 2 N–H and O–H groups in total. The molecule has 0 radical (unpaired) electrons. The zero-order valence-electron chi connectivity index (χ0n) is 16.1. The van der Waals surface area contributed by atoms with E-state index in [0.717, 1.165) is 41.3 Å². The highest BCUT2D eigenvalue weighted by atomic mass is 32.1. The standard InChI is InChI=1S/C22H18N4O3S/c1-28-16-5-2-13(3-6-16)20-17(11-23-26-20)21(27)25-22-24-18(12-30-22)14-4-7-19-15(10-14)8-9-29-19/h2-7,10-12H,8-9H2,1H3,(H,23,26)(H,24,25,27). The molecule has 3 heterocycles. The maximum atomic E-state index is 12.8. The van der Waals surface area contributed by atoms with Crippen molar-refractivity contribution >= 4 is 22.4 Å². The van der Waals surface area contributed by atoms with Crippen LogP contribution in [0.5, 0.6) is 11.5 Å². The van der Waals surface area contributed by atoms with E-state index in [2.05, 4.69) is 26.6 Å². The maximum absolute atomic E-state index is 12.8. The summed E-state index contributed by atoms with van der Waals surface area (Å²) >= 11 is 1.39. The van der Waals surface area contributed by atoms with Crippen LogP contribution in [0.1, 0.15) is 15.9 Å². The van der Waals surface area contributed by atoms with Crippen LogP contribution in [0.4, 0.5) is 5.13 Å². The predicted octanol–water partition coefficient (Wildman–Crippen LogP) is 4.40.